The van der Waals surface area contributed by atoms with Crippen molar-refractivity contribution in [3.8, 4) is 17.2 Å². The summed E-state index contributed by atoms with van der Waals surface area (Å²) in [5, 5.41) is 0. The Kier molecular flexibility index (Phi) is 4.75. The van der Waals surface area contributed by atoms with Crippen molar-refractivity contribution >= 4 is 17.8 Å². The Labute approximate surface area is 146 Å². The molecule has 1 aliphatic heterocycles. The van der Waals surface area contributed by atoms with Crippen LogP contribution in [0.1, 0.15) is 11.1 Å². The summed E-state index contributed by atoms with van der Waals surface area (Å²) in [7, 11) is 4.73. The number of carbonyl (C=O) groups excluding carboxylic acids is 1. The third kappa shape index (κ3) is 3.50. The molecule has 0 saturated heterocycles. The number of methoxy groups -OCH3 is 3. The standard InChI is InChI=1S/C20H18O5/c1-22-16-6-4-5-13(10-16)9-15-12-18(25-20(15)21)14-7-8-17(23-2)19(11-14)24-3/h4-12H,1-3H3. The van der Waals surface area contributed by atoms with E-state index in [4.69, 9.17) is 18.9 Å². The van der Waals surface area contributed by atoms with Gasteiger partial charge in [-0.1, -0.05) is 12.1 Å². The van der Waals surface area contributed by atoms with Crippen LogP contribution in [0.15, 0.2) is 54.1 Å². The van der Waals surface area contributed by atoms with E-state index in [2.05, 4.69) is 0 Å². The molecule has 0 aromatic heterocycles. The van der Waals surface area contributed by atoms with Crippen LogP contribution in [0.4, 0.5) is 0 Å². The van der Waals surface area contributed by atoms with E-state index in [9.17, 15) is 4.79 Å². The second-order valence-electron chi connectivity index (χ2n) is 5.34. The van der Waals surface area contributed by atoms with Gasteiger partial charge in [0.25, 0.3) is 0 Å². The number of hydrogen-bond donors (Lipinski definition) is 0. The summed E-state index contributed by atoms with van der Waals surface area (Å²) in [6, 6.07) is 12.8. The van der Waals surface area contributed by atoms with Gasteiger partial charge in [0.05, 0.1) is 26.9 Å². The van der Waals surface area contributed by atoms with E-state index in [0.717, 1.165) is 16.9 Å². The lowest BCUT2D eigenvalue weighted by molar-refractivity contribution is -0.130. The van der Waals surface area contributed by atoms with Crippen LogP contribution in [0, 0.1) is 0 Å². The topological polar surface area (TPSA) is 54.0 Å². The van der Waals surface area contributed by atoms with E-state index in [1.807, 2.05) is 30.3 Å². The molecule has 0 N–H and O–H groups in total. The number of benzene rings is 2. The van der Waals surface area contributed by atoms with Crippen LogP contribution in [0.25, 0.3) is 11.8 Å². The Hall–Kier alpha value is -3.21. The number of carbonyl (C=O) groups is 1. The van der Waals surface area contributed by atoms with E-state index >= 15 is 0 Å². The normalized spacial score (nSPS) is 14.9. The van der Waals surface area contributed by atoms with Crippen LogP contribution in [-0.2, 0) is 9.53 Å². The lowest BCUT2D eigenvalue weighted by atomic mass is 10.1. The first-order valence-corrected chi connectivity index (χ1v) is 7.66. The van der Waals surface area contributed by atoms with Gasteiger partial charge < -0.3 is 18.9 Å². The summed E-state index contributed by atoms with van der Waals surface area (Å²) in [5.74, 6) is 1.99. The summed E-state index contributed by atoms with van der Waals surface area (Å²) < 4.78 is 21.1. The molecular formula is C20H18O5. The van der Waals surface area contributed by atoms with Gasteiger partial charge >= 0.3 is 5.97 Å². The summed E-state index contributed by atoms with van der Waals surface area (Å²) in [4.78, 5) is 12.2. The van der Waals surface area contributed by atoms with Crippen LogP contribution in [0.3, 0.4) is 0 Å². The smallest absolute Gasteiger partial charge is 0.343 e. The lowest BCUT2D eigenvalue weighted by Crippen LogP contribution is -1.98. The molecular weight excluding hydrogens is 320 g/mol. The fraction of sp³-hybridized carbons (Fsp3) is 0.150. The average Bonchev–Trinajstić information content (AvgIpc) is 3.01. The fourth-order valence-corrected chi connectivity index (χ4v) is 2.53. The number of hydrogen-bond acceptors (Lipinski definition) is 5. The van der Waals surface area contributed by atoms with Gasteiger partial charge in [0, 0.05) is 5.56 Å². The highest BCUT2D eigenvalue weighted by Gasteiger charge is 2.23. The Bertz CT molecular complexity index is 864. The summed E-state index contributed by atoms with van der Waals surface area (Å²) in [6.07, 6.45) is 3.47. The molecule has 5 heteroatoms. The van der Waals surface area contributed by atoms with E-state index < -0.39 is 5.97 Å². The van der Waals surface area contributed by atoms with Crippen molar-refractivity contribution < 1.29 is 23.7 Å². The highest BCUT2D eigenvalue weighted by Crippen LogP contribution is 2.34. The van der Waals surface area contributed by atoms with Crippen molar-refractivity contribution in [1.29, 1.82) is 0 Å². The molecule has 25 heavy (non-hydrogen) atoms. The van der Waals surface area contributed by atoms with E-state index in [-0.39, 0.29) is 0 Å². The van der Waals surface area contributed by atoms with E-state index in [0.29, 0.717) is 22.8 Å². The van der Waals surface area contributed by atoms with Gasteiger partial charge in [-0.25, -0.2) is 4.79 Å². The molecule has 0 saturated carbocycles. The Balaban J connectivity index is 1.93. The molecule has 0 radical (unpaired) electrons. The van der Waals surface area contributed by atoms with Crippen molar-refractivity contribution in [2.75, 3.05) is 21.3 Å². The van der Waals surface area contributed by atoms with E-state index in [1.165, 1.54) is 0 Å². The zero-order chi connectivity index (χ0) is 17.8. The van der Waals surface area contributed by atoms with Crippen molar-refractivity contribution in [2.45, 2.75) is 0 Å². The first-order valence-electron chi connectivity index (χ1n) is 7.66. The Morgan fingerprint density at radius 1 is 0.920 bits per heavy atom. The fourth-order valence-electron chi connectivity index (χ4n) is 2.53. The molecule has 0 fully saturated rings. The third-order valence-electron chi connectivity index (χ3n) is 3.81. The third-order valence-corrected chi connectivity index (χ3v) is 3.81. The van der Waals surface area contributed by atoms with Crippen molar-refractivity contribution in [1.82, 2.24) is 0 Å². The zero-order valence-corrected chi connectivity index (χ0v) is 14.2. The Morgan fingerprint density at radius 3 is 2.44 bits per heavy atom. The molecule has 0 bridgehead atoms. The van der Waals surface area contributed by atoms with Crippen LogP contribution < -0.4 is 14.2 Å². The minimum absolute atomic E-state index is 0.396. The van der Waals surface area contributed by atoms with Crippen molar-refractivity contribution in [2.24, 2.45) is 0 Å². The van der Waals surface area contributed by atoms with Crippen molar-refractivity contribution in [3.05, 3.63) is 65.2 Å². The molecule has 0 amide bonds. The summed E-state index contributed by atoms with van der Waals surface area (Å²) in [6.45, 7) is 0. The van der Waals surface area contributed by atoms with Gasteiger partial charge in [-0.05, 0) is 48.0 Å². The molecule has 2 aromatic carbocycles. The zero-order valence-electron chi connectivity index (χ0n) is 14.2. The largest absolute Gasteiger partial charge is 0.497 e. The minimum atomic E-state index is -0.396. The van der Waals surface area contributed by atoms with E-state index in [1.54, 1.807) is 45.6 Å². The maximum atomic E-state index is 12.2. The first kappa shape index (κ1) is 16.6. The van der Waals surface area contributed by atoms with Gasteiger partial charge in [-0.3, -0.25) is 0 Å². The van der Waals surface area contributed by atoms with Crippen LogP contribution in [-0.4, -0.2) is 27.3 Å². The van der Waals surface area contributed by atoms with Gasteiger partial charge in [0.1, 0.15) is 11.5 Å². The molecule has 5 nitrogen and oxygen atoms in total. The molecule has 128 valence electrons. The summed E-state index contributed by atoms with van der Waals surface area (Å²) in [5.41, 5.74) is 2.06. The molecule has 1 aliphatic rings. The second kappa shape index (κ2) is 7.13. The molecule has 1 heterocycles. The molecule has 0 spiro atoms. The monoisotopic (exact) mass is 338 g/mol. The number of esters is 1. The minimum Gasteiger partial charge on any atom is -0.497 e. The quantitative estimate of drug-likeness (QED) is 0.615. The van der Waals surface area contributed by atoms with Gasteiger partial charge in [0.2, 0.25) is 0 Å². The Morgan fingerprint density at radius 2 is 1.72 bits per heavy atom. The van der Waals surface area contributed by atoms with Gasteiger partial charge in [0.15, 0.2) is 11.5 Å². The predicted molar refractivity (Wildman–Crippen MR) is 94.6 cm³/mol. The molecule has 0 unspecified atom stereocenters. The van der Waals surface area contributed by atoms with Crippen molar-refractivity contribution in [3.63, 3.8) is 0 Å². The summed E-state index contributed by atoms with van der Waals surface area (Å²) >= 11 is 0. The molecule has 0 aliphatic carbocycles. The predicted octanol–water partition coefficient (Wildman–Crippen LogP) is 3.69. The molecule has 2 aromatic rings. The lowest BCUT2D eigenvalue weighted by Gasteiger charge is -2.09. The second-order valence-corrected chi connectivity index (χ2v) is 5.34. The highest BCUT2D eigenvalue weighted by molar-refractivity contribution is 6.05. The molecule has 3 rings (SSSR count). The maximum Gasteiger partial charge on any atom is 0.343 e. The first-order chi connectivity index (χ1) is 12.1. The SMILES string of the molecule is COc1cccc(C=C2C=C(c3ccc(OC)c(OC)c3)OC2=O)c1. The molecule has 0 atom stereocenters. The van der Waals surface area contributed by atoms with Crippen LogP contribution in [0.2, 0.25) is 0 Å². The number of cyclic esters (lactones) is 1. The maximum absolute atomic E-state index is 12.2. The highest BCUT2D eigenvalue weighted by atomic mass is 16.5. The van der Waals surface area contributed by atoms with Gasteiger partial charge in [-0.15, -0.1) is 0 Å². The van der Waals surface area contributed by atoms with Crippen LogP contribution in [0.5, 0.6) is 17.2 Å². The number of rotatable bonds is 5. The number of ether oxygens (including phenoxy) is 4. The average molecular weight is 338 g/mol. The van der Waals surface area contributed by atoms with Gasteiger partial charge in [-0.2, -0.15) is 0 Å². The van der Waals surface area contributed by atoms with Crippen LogP contribution >= 0.6 is 0 Å².